The minimum Gasteiger partial charge on any atom is -0.467 e. The standard InChI is InChI=1S/C16H26N2O3/c1-12(2)18(10-13-5-4-7-17-9-13)11-15-14(6-8-21-15)16(19)20-3/h6,8,12-13,17H,4-5,7,9-11H2,1-3H3. The van der Waals surface area contributed by atoms with Gasteiger partial charge in [0.2, 0.25) is 0 Å². The van der Waals surface area contributed by atoms with Crippen molar-refractivity contribution in [2.45, 2.75) is 39.3 Å². The molecule has 0 spiro atoms. The van der Waals surface area contributed by atoms with Gasteiger partial charge in [-0.05, 0) is 51.8 Å². The number of carbonyl (C=O) groups is 1. The average molecular weight is 294 g/mol. The summed E-state index contributed by atoms with van der Waals surface area (Å²) < 4.78 is 10.3. The van der Waals surface area contributed by atoms with Crippen LogP contribution in [0.1, 0.15) is 42.8 Å². The third kappa shape index (κ3) is 4.32. The Morgan fingerprint density at radius 1 is 1.57 bits per heavy atom. The van der Waals surface area contributed by atoms with E-state index in [0.29, 0.717) is 29.8 Å². The van der Waals surface area contributed by atoms with Crippen LogP contribution in [0, 0.1) is 5.92 Å². The summed E-state index contributed by atoms with van der Waals surface area (Å²) in [5.41, 5.74) is 0.532. The van der Waals surface area contributed by atoms with E-state index in [2.05, 4.69) is 24.1 Å². The number of nitrogens with one attached hydrogen (secondary N) is 1. The molecule has 1 aromatic rings. The maximum Gasteiger partial charge on any atom is 0.341 e. The Labute approximate surface area is 126 Å². The fourth-order valence-electron chi connectivity index (χ4n) is 2.81. The van der Waals surface area contributed by atoms with Gasteiger partial charge >= 0.3 is 5.97 Å². The molecule has 2 heterocycles. The number of piperidine rings is 1. The van der Waals surface area contributed by atoms with Crippen LogP contribution in [-0.4, -0.2) is 43.7 Å². The average Bonchev–Trinajstić information content (AvgIpc) is 2.95. The Hall–Kier alpha value is -1.33. The quantitative estimate of drug-likeness (QED) is 0.816. The lowest BCUT2D eigenvalue weighted by molar-refractivity contribution is 0.0594. The van der Waals surface area contributed by atoms with E-state index in [9.17, 15) is 4.79 Å². The molecule has 1 atom stereocenters. The molecule has 1 saturated heterocycles. The highest BCUT2D eigenvalue weighted by Gasteiger charge is 2.23. The number of carbonyl (C=O) groups excluding carboxylic acids is 1. The lowest BCUT2D eigenvalue weighted by Gasteiger charge is -2.32. The van der Waals surface area contributed by atoms with Gasteiger partial charge in [0.25, 0.3) is 0 Å². The molecule has 1 fully saturated rings. The Morgan fingerprint density at radius 3 is 3.00 bits per heavy atom. The van der Waals surface area contributed by atoms with Gasteiger partial charge in [0.1, 0.15) is 11.3 Å². The summed E-state index contributed by atoms with van der Waals surface area (Å²) in [7, 11) is 1.40. The normalized spacial score (nSPS) is 19.2. The lowest BCUT2D eigenvalue weighted by Crippen LogP contribution is -2.40. The number of hydrogen-bond donors (Lipinski definition) is 1. The molecule has 0 bridgehead atoms. The number of esters is 1. The number of nitrogens with zero attached hydrogens (tertiary/aromatic N) is 1. The number of furan rings is 1. The second-order valence-electron chi connectivity index (χ2n) is 5.98. The van der Waals surface area contributed by atoms with Crippen LogP contribution in [-0.2, 0) is 11.3 Å². The van der Waals surface area contributed by atoms with Gasteiger partial charge in [0.15, 0.2) is 0 Å². The van der Waals surface area contributed by atoms with Crippen molar-refractivity contribution < 1.29 is 13.9 Å². The Bertz CT molecular complexity index is 450. The third-order valence-corrected chi connectivity index (χ3v) is 4.12. The molecule has 1 aromatic heterocycles. The number of rotatable bonds is 6. The Kier molecular flexibility index (Phi) is 5.82. The van der Waals surface area contributed by atoms with E-state index in [1.807, 2.05) is 0 Å². The molecular formula is C16H26N2O3. The first-order valence-corrected chi connectivity index (χ1v) is 7.71. The van der Waals surface area contributed by atoms with E-state index >= 15 is 0 Å². The summed E-state index contributed by atoms with van der Waals surface area (Å²) in [5, 5.41) is 3.45. The first-order valence-electron chi connectivity index (χ1n) is 7.71. The van der Waals surface area contributed by atoms with E-state index in [0.717, 1.165) is 19.6 Å². The zero-order chi connectivity index (χ0) is 15.2. The van der Waals surface area contributed by atoms with Crippen molar-refractivity contribution >= 4 is 5.97 Å². The van der Waals surface area contributed by atoms with Crippen LogP contribution in [0.5, 0.6) is 0 Å². The fraction of sp³-hybridized carbons (Fsp3) is 0.688. The second-order valence-corrected chi connectivity index (χ2v) is 5.98. The third-order valence-electron chi connectivity index (χ3n) is 4.12. The van der Waals surface area contributed by atoms with Crippen molar-refractivity contribution in [1.82, 2.24) is 10.2 Å². The first kappa shape index (κ1) is 16.0. The van der Waals surface area contributed by atoms with Crippen LogP contribution in [0.15, 0.2) is 16.7 Å². The summed E-state index contributed by atoms with van der Waals surface area (Å²) in [5.74, 6) is 1.03. The van der Waals surface area contributed by atoms with Crippen LogP contribution in [0.25, 0.3) is 0 Å². The molecule has 0 aromatic carbocycles. The Morgan fingerprint density at radius 2 is 2.38 bits per heavy atom. The SMILES string of the molecule is COC(=O)c1ccoc1CN(CC1CCCNC1)C(C)C. The molecule has 2 rings (SSSR count). The molecule has 118 valence electrons. The van der Waals surface area contributed by atoms with E-state index in [-0.39, 0.29) is 5.97 Å². The van der Waals surface area contributed by atoms with E-state index < -0.39 is 0 Å². The number of hydrogen-bond acceptors (Lipinski definition) is 5. The van der Waals surface area contributed by atoms with Crippen molar-refractivity contribution in [2.75, 3.05) is 26.7 Å². The van der Waals surface area contributed by atoms with Gasteiger partial charge in [-0.1, -0.05) is 0 Å². The van der Waals surface area contributed by atoms with E-state index in [1.165, 1.54) is 20.0 Å². The fourth-order valence-corrected chi connectivity index (χ4v) is 2.81. The van der Waals surface area contributed by atoms with Crippen molar-refractivity contribution in [3.8, 4) is 0 Å². The van der Waals surface area contributed by atoms with Crippen LogP contribution >= 0.6 is 0 Å². The van der Waals surface area contributed by atoms with Crippen LogP contribution in [0.2, 0.25) is 0 Å². The predicted molar refractivity (Wildman–Crippen MR) is 81.2 cm³/mol. The van der Waals surface area contributed by atoms with Gasteiger partial charge in [0, 0.05) is 12.6 Å². The zero-order valence-corrected chi connectivity index (χ0v) is 13.2. The van der Waals surface area contributed by atoms with E-state index in [1.54, 1.807) is 12.3 Å². The van der Waals surface area contributed by atoms with Gasteiger partial charge in [-0.2, -0.15) is 0 Å². The molecule has 0 radical (unpaired) electrons. The molecule has 1 aliphatic rings. The highest BCUT2D eigenvalue weighted by atomic mass is 16.5. The molecular weight excluding hydrogens is 268 g/mol. The van der Waals surface area contributed by atoms with Crippen molar-refractivity contribution in [1.29, 1.82) is 0 Å². The lowest BCUT2D eigenvalue weighted by atomic mass is 9.98. The molecule has 1 unspecified atom stereocenters. The van der Waals surface area contributed by atoms with Crippen molar-refractivity contribution in [2.24, 2.45) is 5.92 Å². The van der Waals surface area contributed by atoms with Crippen LogP contribution < -0.4 is 5.32 Å². The minimum atomic E-state index is -0.332. The van der Waals surface area contributed by atoms with Gasteiger partial charge in [0.05, 0.1) is 19.9 Å². The van der Waals surface area contributed by atoms with Crippen molar-refractivity contribution in [3.05, 3.63) is 23.7 Å². The summed E-state index contributed by atoms with van der Waals surface area (Å²) in [4.78, 5) is 14.1. The first-order chi connectivity index (χ1) is 10.1. The number of ether oxygens (including phenoxy) is 1. The molecule has 1 N–H and O–H groups in total. The summed E-state index contributed by atoms with van der Waals surface area (Å²) >= 11 is 0. The molecule has 0 saturated carbocycles. The van der Waals surface area contributed by atoms with Crippen LogP contribution in [0.4, 0.5) is 0 Å². The maximum atomic E-state index is 11.7. The largest absolute Gasteiger partial charge is 0.467 e. The summed E-state index contributed by atoms with van der Waals surface area (Å²) in [6.07, 6.45) is 4.06. The topological polar surface area (TPSA) is 54.7 Å². The molecule has 5 heteroatoms. The van der Waals surface area contributed by atoms with Crippen LogP contribution in [0.3, 0.4) is 0 Å². The smallest absolute Gasteiger partial charge is 0.341 e. The van der Waals surface area contributed by atoms with Gasteiger partial charge in [-0.25, -0.2) is 4.79 Å². The van der Waals surface area contributed by atoms with Gasteiger partial charge in [-0.3, -0.25) is 4.90 Å². The highest BCUT2D eigenvalue weighted by molar-refractivity contribution is 5.90. The molecule has 1 aliphatic heterocycles. The van der Waals surface area contributed by atoms with E-state index in [4.69, 9.17) is 9.15 Å². The summed E-state index contributed by atoms with van der Waals surface area (Å²) in [6.45, 7) is 8.22. The molecule has 0 aliphatic carbocycles. The zero-order valence-electron chi connectivity index (χ0n) is 13.2. The molecule has 0 amide bonds. The molecule has 5 nitrogen and oxygen atoms in total. The summed E-state index contributed by atoms with van der Waals surface area (Å²) in [6, 6.07) is 2.09. The maximum absolute atomic E-state index is 11.7. The Balaban J connectivity index is 2.02. The molecule has 21 heavy (non-hydrogen) atoms. The highest BCUT2D eigenvalue weighted by Crippen LogP contribution is 2.19. The second kappa shape index (κ2) is 7.61. The monoisotopic (exact) mass is 294 g/mol. The number of methoxy groups -OCH3 is 1. The van der Waals surface area contributed by atoms with Gasteiger partial charge < -0.3 is 14.5 Å². The predicted octanol–water partition coefficient (Wildman–Crippen LogP) is 2.28. The minimum absolute atomic E-state index is 0.332. The van der Waals surface area contributed by atoms with Crippen molar-refractivity contribution in [3.63, 3.8) is 0 Å². The van der Waals surface area contributed by atoms with Gasteiger partial charge in [-0.15, -0.1) is 0 Å².